The monoisotopic (exact) mass is 357 g/mol. The van der Waals surface area contributed by atoms with E-state index in [4.69, 9.17) is 0 Å². The van der Waals surface area contributed by atoms with Gasteiger partial charge in [-0.15, -0.1) is 0 Å². The molecule has 3 aliphatic heterocycles. The maximum Gasteiger partial charge on any atom is 0.252 e. The average molecular weight is 357 g/mol. The summed E-state index contributed by atoms with van der Waals surface area (Å²) in [6.45, 7) is 1.88. The fraction of sp³-hybridized carbons (Fsp3) is 0.400. The summed E-state index contributed by atoms with van der Waals surface area (Å²) in [6.07, 6.45) is 6.55. The SMILES string of the molecule is O=C(NC1C(Cc2cccnc2)C2CCN1CC2)c1cc(F)cc(F)c1. The fourth-order valence-electron chi connectivity index (χ4n) is 4.32. The Balaban J connectivity index is 1.55. The predicted octanol–water partition coefficient (Wildman–Crippen LogP) is 3.00. The zero-order valence-electron chi connectivity index (χ0n) is 14.4. The minimum atomic E-state index is -0.743. The second-order valence-corrected chi connectivity index (χ2v) is 7.18. The highest BCUT2D eigenvalue weighted by molar-refractivity contribution is 5.94. The van der Waals surface area contributed by atoms with Crippen molar-refractivity contribution in [2.45, 2.75) is 25.4 Å². The molecule has 2 unspecified atom stereocenters. The van der Waals surface area contributed by atoms with Crippen molar-refractivity contribution in [1.29, 1.82) is 0 Å². The Bertz CT molecular complexity index is 771. The summed E-state index contributed by atoms with van der Waals surface area (Å²) in [5, 5.41) is 3.02. The Labute approximate surface area is 151 Å². The molecule has 1 amide bonds. The molecule has 1 aromatic heterocycles. The molecule has 26 heavy (non-hydrogen) atoms. The van der Waals surface area contributed by atoms with E-state index in [1.54, 1.807) is 6.20 Å². The van der Waals surface area contributed by atoms with Crippen molar-refractivity contribution >= 4 is 5.91 Å². The summed E-state index contributed by atoms with van der Waals surface area (Å²) in [5.74, 6) is -1.11. The molecule has 4 nitrogen and oxygen atoms in total. The van der Waals surface area contributed by atoms with Crippen LogP contribution in [0.3, 0.4) is 0 Å². The van der Waals surface area contributed by atoms with E-state index in [9.17, 15) is 13.6 Å². The molecule has 2 atom stereocenters. The lowest BCUT2D eigenvalue weighted by atomic mass is 9.74. The van der Waals surface area contributed by atoms with Crippen LogP contribution in [0, 0.1) is 23.5 Å². The second-order valence-electron chi connectivity index (χ2n) is 7.18. The van der Waals surface area contributed by atoms with Crippen LogP contribution in [0.25, 0.3) is 0 Å². The molecule has 3 aliphatic rings. The quantitative estimate of drug-likeness (QED) is 0.915. The Morgan fingerprint density at radius 1 is 1.19 bits per heavy atom. The van der Waals surface area contributed by atoms with E-state index in [1.807, 2.05) is 18.3 Å². The number of hydrogen-bond acceptors (Lipinski definition) is 3. The number of pyridine rings is 1. The Morgan fingerprint density at radius 3 is 2.58 bits per heavy atom. The minimum absolute atomic E-state index is 0.0188. The van der Waals surface area contributed by atoms with Gasteiger partial charge in [-0.2, -0.15) is 0 Å². The molecular weight excluding hydrogens is 336 g/mol. The lowest BCUT2D eigenvalue weighted by Crippen LogP contribution is -2.62. The maximum absolute atomic E-state index is 13.4. The molecule has 0 spiro atoms. The lowest BCUT2D eigenvalue weighted by molar-refractivity contribution is -0.0234. The van der Waals surface area contributed by atoms with Gasteiger partial charge < -0.3 is 5.32 Å². The molecular formula is C20H21F2N3O. The van der Waals surface area contributed by atoms with Crippen LogP contribution >= 0.6 is 0 Å². The number of halogens is 2. The van der Waals surface area contributed by atoms with Crippen molar-refractivity contribution in [3.05, 3.63) is 65.5 Å². The molecule has 0 aliphatic carbocycles. The van der Waals surface area contributed by atoms with Gasteiger partial charge in [-0.25, -0.2) is 8.78 Å². The van der Waals surface area contributed by atoms with Crippen LogP contribution in [0.5, 0.6) is 0 Å². The van der Waals surface area contributed by atoms with E-state index in [0.717, 1.165) is 56.1 Å². The number of benzene rings is 1. The highest BCUT2D eigenvalue weighted by Gasteiger charge is 2.42. The van der Waals surface area contributed by atoms with Gasteiger partial charge in [0, 0.05) is 37.1 Å². The van der Waals surface area contributed by atoms with Crippen molar-refractivity contribution in [2.75, 3.05) is 13.1 Å². The van der Waals surface area contributed by atoms with Gasteiger partial charge in [0.05, 0.1) is 6.17 Å². The number of aromatic nitrogens is 1. The molecule has 2 aromatic rings. The third kappa shape index (κ3) is 3.46. The summed E-state index contributed by atoms with van der Waals surface area (Å²) >= 11 is 0. The maximum atomic E-state index is 13.4. The number of carbonyl (C=O) groups excluding carboxylic acids is 1. The van der Waals surface area contributed by atoms with Gasteiger partial charge in [0.2, 0.25) is 0 Å². The fourth-order valence-corrected chi connectivity index (χ4v) is 4.32. The summed E-state index contributed by atoms with van der Waals surface area (Å²) in [6, 6.07) is 6.88. The van der Waals surface area contributed by atoms with Crippen molar-refractivity contribution in [3.63, 3.8) is 0 Å². The van der Waals surface area contributed by atoms with Crippen LogP contribution < -0.4 is 5.32 Å². The number of hydrogen-bond donors (Lipinski definition) is 1. The number of nitrogens with one attached hydrogen (secondary N) is 1. The van der Waals surface area contributed by atoms with Crippen LogP contribution in [-0.2, 0) is 6.42 Å². The van der Waals surface area contributed by atoms with Gasteiger partial charge in [-0.05, 0) is 54.9 Å². The van der Waals surface area contributed by atoms with Gasteiger partial charge >= 0.3 is 0 Å². The summed E-state index contributed by atoms with van der Waals surface area (Å²) < 4.78 is 26.9. The molecule has 0 radical (unpaired) electrons. The van der Waals surface area contributed by atoms with Crippen LogP contribution in [0.1, 0.15) is 28.8 Å². The first-order valence-corrected chi connectivity index (χ1v) is 9.00. The number of amides is 1. The number of rotatable bonds is 4. The van der Waals surface area contributed by atoms with E-state index in [-0.39, 0.29) is 17.6 Å². The first kappa shape index (κ1) is 17.1. The van der Waals surface area contributed by atoms with Crippen LogP contribution in [0.4, 0.5) is 8.78 Å². The molecule has 3 saturated heterocycles. The number of nitrogens with zero attached hydrogens (tertiary/aromatic N) is 2. The van der Waals surface area contributed by atoms with E-state index < -0.39 is 17.5 Å². The van der Waals surface area contributed by atoms with Gasteiger partial charge in [-0.1, -0.05) is 6.07 Å². The van der Waals surface area contributed by atoms with Gasteiger partial charge in [-0.3, -0.25) is 14.7 Å². The van der Waals surface area contributed by atoms with Crippen LogP contribution in [-0.4, -0.2) is 35.0 Å². The number of piperidine rings is 3. The summed E-state index contributed by atoms with van der Waals surface area (Å²) in [4.78, 5) is 19.1. The van der Waals surface area contributed by atoms with Crippen LogP contribution in [0.15, 0.2) is 42.7 Å². The standard InChI is InChI=1S/C20H21F2N3O/c21-16-9-15(10-17(22)11-16)20(26)24-19-18(8-13-2-1-5-23-12-13)14-3-6-25(19)7-4-14/h1-2,5,9-12,14,18-19H,3-4,6-8H2,(H,24,26). The average Bonchev–Trinajstić information content (AvgIpc) is 2.64. The molecule has 136 valence electrons. The van der Waals surface area contributed by atoms with Gasteiger partial charge in [0.25, 0.3) is 5.91 Å². The molecule has 3 fully saturated rings. The zero-order valence-corrected chi connectivity index (χ0v) is 14.4. The molecule has 0 saturated carbocycles. The predicted molar refractivity (Wildman–Crippen MR) is 93.3 cm³/mol. The van der Waals surface area contributed by atoms with Crippen LogP contribution in [0.2, 0.25) is 0 Å². The van der Waals surface area contributed by atoms with Crippen molar-refractivity contribution in [3.8, 4) is 0 Å². The molecule has 6 heteroatoms. The second kappa shape index (κ2) is 7.11. The first-order valence-electron chi connectivity index (χ1n) is 9.00. The van der Waals surface area contributed by atoms with Gasteiger partial charge in [0.1, 0.15) is 11.6 Å². The third-order valence-electron chi connectivity index (χ3n) is 5.58. The zero-order chi connectivity index (χ0) is 18.1. The number of fused-ring (bicyclic) bond motifs is 3. The summed E-state index contributed by atoms with van der Waals surface area (Å²) in [7, 11) is 0. The molecule has 4 heterocycles. The van der Waals surface area contributed by atoms with E-state index >= 15 is 0 Å². The van der Waals surface area contributed by atoms with Crippen molar-refractivity contribution < 1.29 is 13.6 Å². The highest BCUT2D eigenvalue weighted by Crippen LogP contribution is 2.38. The van der Waals surface area contributed by atoms with E-state index in [2.05, 4.69) is 15.2 Å². The van der Waals surface area contributed by atoms with Crippen molar-refractivity contribution in [1.82, 2.24) is 15.2 Å². The first-order chi connectivity index (χ1) is 12.6. The highest BCUT2D eigenvalue weighted by atomic mass is 19.1. The third-order valence-corrected chi connectivity index (χ3v) is 5.58. The minimum Gasteiger partial charge on any atom is -0.336 e. The van der Waals surface area contributed by atoms with E-state index in [1.165, 1.54) is 0 Å². The summed E-state index contributed by atoms with van der Waals surface area (Å²) in [5.41, 5.74) is 1.16. The van der Waals surface area contributed by atoms with Gasteiger partial charge in [0.15, 0.2) is 0 Å². The normalized spacial score (nSPS) is 27.3. The Hall–Kier alpha value is -2.34. The van der Waals surface area contributed by atoms with Crippen molar-refractivity contribution in [2.24, 2.45) is 11.8 Å². The topological polar surface area (TPSA) is 45.2 Å². The Morgan fingerprint density at radius 2 is 1.92 bits per heavy atom. The van der Waals surface area contributed by atoms with E-state index in [0.29, 0.717) is 5.92 Å². The molecule has 5 rings (SSSR count). The smallest absolute Gasteiger partial charge is 0.252 e. The largest absolute Gasteiger partial charge is 0.336 e. The number of carbonyl (C=O) groups is 1. The molecule has 1 N–H and O–H groups in total. The molecule has 2 bridgehead atoms. The lowest BCUT2D eigenvalue weighted by Gasteiger charge is -2.51. The Kier molecular flexibility index (Phi) is 4.68. The molecule has 1 aromatic carbocycles.